The van der Waals surface area contributed by atoms with E-state index in [2.05, 4.69) is 25.7 Å². The van der Waals surface area contributed by atoms with E-state index in [-0.39, 0.29) is 11.9 Å². The third-order valence-corrected chi connectivity index (χ3v) is 3.26. The molecule has 0 unspecified atom stereocenters. The maximum Gasteiger partial charge on any atom is 0.256 e. The molecule has 0 bridgehead atoms. The lowest BCUT2D eigenvalue weighted by molar-refractivity contribution is 0.0944. The van der Waals surface area contributed by atoms with Gasteiger partial charge in [-0.1, -0.05) is 0 Å². The number of rotatable bonds is 5. The SMILES string of the molecule is CC(C)NC(=O)c1cnn2ccc(NCc3ccncc3)nc12. The maximum absolute atomic E-state index is 12.2. The van der Waals surface area contributed by atoms with Crippen LogP contribution in [0.3, 0.4) is 0 Å². The molecule has 23 heavy (non-hydrogen) atoms. The van der Waals surface area contributed by atoms with Crippen LogP contribution in [0.25, 0.3) is 5.65 Å². The van der Waals surface area contributed by atoms with Gasteiger partial charge in [0, 0.05) is 31.2 Å². The van der Waals surface area contributed by atoms with Gasteiger partial charge in [-0.2, -0.15) is 5.10 Å². The van der Waals surface area contributed by atoms with Crippen LogP contribution in [-0.4, -0.2) is 31.5 Å². The summed E-state index contributed by atoms with van der Waals surface area (Å²) >= 11 is 0. The molecule has 0 aliphatic carbocycles. The number of carbonyl (C=O) groups is 1. The van der Waals surface area contributed by atoms with Gasteiger partial charge in [0.1, 0.15) is 11.4 Å². The van der Waals surface area contributed by atoms with Crippen molar-refractivity contribution in [3.05, 3.63) is 54.1 Å². The number of nitrogens with one attached hydrogen (secondary N) is 2. The molecule has 1 amide bonds. The number of amides is 1. The Labute approximate surface area is 133 Å². The van der Waals surface area contributed by atoms with Gasteiger partial charge in [0.25, 0.3) is 5.91 Å². The van der Waals surface area contributed by atoms with E-state index in [0.717, 1.165) is 5.56 Å². The summed E-state index contributed by atoms with van der Waals surface area (Å²) in [6.45, 7) is 4.46. The first kappa shape index (κ1) is 15.0. The zero-order valence-electron chi connectivity index (χ0n) is 13.0. The quantitative estimate of drug-likeness (QED) is 0.751. The van der Waals surface area contributed by atoms with Crippen LogP contribution in [0.1, 0.15) is 29.8 Å². The molecule has 3 rings (SSSR count). The third kappa shape index (κ3) is 3.45. The minimum Gasteiger partial charge on any atom is -0.366 e. The zero-order chi connectivity index (χ0) is 16.2. The van der Waals surface area contributed by atoms with Crippen molar-refractivity contribution in [1.29, 1.82) is 0 Å². The summed E-state index contributed by atoms with van der Waals surface area (Å²) in [5, 5.41) is 10.3. The summed E-state index contributed by atoms with van der Waals surface area (Å²) in [6, 6.07) is 5.76. The Balaban J connectivity index is 1.81. The standard InChI is InChI=1S/C16H18N6O/c1-11(2)20-16(23)13-10-19-22-8-5-14(21-15(13)22)18-9-12-3-6-17-7-4-12/h3-8,10-11H,9H2,1-2H3,(H,18,21)(H,20,23). The molecule has 0 aromatic carbocycles. The van der Waals surface area contributed by atoms with Crippen LogP contribution in [0.15, 0.2) is 43.0 Å². The van der Waals surface area contributed by atoms with Gasteiger partial charge >= 0.3 is 0 Å². The number of nitrogens with zero attached hydrogens (tertiary/aromatic N) is 4. The van der Waals surface area contributed by atoms with E-state index in [0.29, 0.717) is 23.6 Å². The highest BCUT2D eigenvalue weighted by molar-refractivity contribution is 5.99. The molecular formula is C16H18N6O. The number of carbonyl (C=O) groups excluding carboxylic acids is 1. The molecule has 0 aliphatic heterocycles. The monoisotopic (exact) mass is 310 g/mol. The second-order valence-corrected chi connectivity index (χ2v) is 5.48. The first-order valence-electron chi connectivity index (χ1n) is 7.41. The van der Waals surface area contributed by atoms with Crippen molar-refractivity contribution in [3.8, 4) is 0 Å². The van der Waals surface area contributed by atoms with Crippen molar-refractivity contribution >= 4 is 17.4 Å². The summed E-state index contributed by atoms with van der Waals surface area (Å²) in [6.07, 6.45) is 6.81. The van der Waals surface area contributed by atoms with E-state index in [1.54, 1.807) is 23.1 Å². The molecule has 3 aromatic rings. The zero-order valence-corrected chi connectivity index (χ0v) is 13.0. The fourth-order valence-corrected chi connectivity index (χ4v) is 2.16. The molecule has 3 heterocycles. The Kier molecular flexibility index (Phi) is 4.18. The van der Waals surface area contributed by atoms with Gasteiger partial charge in [0.2, 0.25) is 0 Å². The number of fused-ring (bicyclic) bond motifs is 1. The van der Waals surface area contributed by atoms with E-state index in [1.807, 2.05) is 32.0 Å². The van der Waals surface area contributed by atoms with E-state index in [1.165, 1.54) is 6.20 Å². The topological polar surface area (TPSA) is 84.2 Å². The van der Waals surface area contributed by atoms with Crippen LogP contribution in [0, 0.1) is 0 Å². The molecule has 7 nitrogen and oxygen atoms in total. The fourth-order valence-electron chi connectivity index (χ4n) is 2.16. The predicted molar refractivity (Wildman–Crippen MR) is 87.2 cm³/mol. The van der Waals surface area contributed by atoms with Crippen molar-refractivity contribution in [2.24, 2.45) is 0 Å². The van der Waals surface area contributed by atoms with Crippen LogP contribution in [-0.2, 0) is 6.54 Å². The molecule has 0 aliphatic rings. The number of pyridine rings is 1. The Morgan fingerprint density at radius 1 is 1.26 bits per heavy atom. The molecule has 0 fully saturated rings. The van der Waals surface area contributed by atoms with Gasteiger partial charge in [0.15, 0.2) is 5.65 Å². The lowest BCUT2D eigenvalue weighted by atomic mass is 10.2. The van der Waals surface area contributed by atoms with Crippen LogP contribution < -0.4 is 10.6 Å². The van der Waals surface area contributed by atoms with Crippen LogP contribution >= 0.6 is 0 Å². The van der Waals surface area contributed by atoms with E-state index in [9.17, 15) is 4.79 Å². The van der Waals surface area contributed by atoms with Crippen LogP contribution in [0.5, 0.6) is 0 Å². The average Bonchev–Trinajstić information content (AvgIpc) is 2.96. The first-order valence-corrected chi connectivity index (χ1v) is 7.41. The number of hydrogen-bond acceptors (Lipinski definition) is 5. The van der Waals surface area contributed by atoms with Crippen molar-refractivity contribution < 1.29 is 4.79 Å². The summed E-state index contributed by atoms with van der Waals surface area (Å²) < 4.78 is 1.59. The second kappa shape index (κ2) is 6.43. The Morgan fingerprint density at radius 2 is 2.04 bits per heavy atom. The minimum absolute atomic E-state index is 0.0606. The van der Waals surface area contributed by atoms with Crippen molar-refractivity contribution in [2.45, 2.75) is 26.4 Å². The van der Waals surface area contributed by atoms with Crippen LogP contribution in [0.4, 0.5) is 5.82 Å². The maximum atomic E-state index is 12.2. The van der Waals surface area contributed by atoms with Gasteiger partial charge in [0.05, 0.1) is 6.20 Å². The Hall–Kier alpha value is -2.96. The number of hydrogen-bond donors (Lipinski definition) is 2. The van der Waals surface area contributed by atoms with Gasteiger partial charge in [-0.05, 0) is 37.6 Å². The van der Waals surface area contributed by atoms with E-state index in [4.69, 9.17) is 0 Å². The van der Waals surface area contributed by atoms with Gasteiger partial charge in [-0.3, -0.25) is 9.78 Å². The highest BCUT2D eigenvalue weighted by Gasteiger charge is 2.15. The van der Waals surface area contributed by atoms with Gasteiger partial charge in [-0.15, -0.1) is 0 Å². The van der Waals surface area contributed by atoms with Gasteiger partial charge < -0.3 is 10.6 Å². The molecule has 0 saturated carbocycles. The summed E-state index contributed by atoms with van der Waals surface area (Å²) in [7, 11) is 0. The fraction of sp³-hybridized carbons (Fsp3) is 0.250. The van der Waals surface area contributed by atoms with E-state index < -0.39 is 0 Å². The molecule has 0 spiro atoms. The highest BCUT2D eigenvalue weighted by Crippen LogP contribution is 2.12. The van der Waals surface area contributed by atoms with E-state index >= 15 is 0 Å². The first-order chi connectivity index (χ1) is 11.1. The van der Waals surface area contributed by atoms with Crippen molar-refractivity contribution in [3.63, 3.8) is 0 Å². The second-order valence-electron chi connectivity index (χ2n) is 5.48. The number of aromatic nitrogens is 4. The lowest BCUT2D eigenvalue weighted by Gasteiger charge is -2.08. The van der Waals surface area contributed by atoms with Gasteiger partial charge in [-0.25, -0.2) is 9.50 Å². The lowest BCUT2D eigenvalue weighted by Crippen LogP contribution is -2.30. The van der Waals surface area contributed by atoms with Crippen molar-refractivity contribution in [1.82, 2.24) is 24.9 Å². The minimum atomic E-state index is -0.172. The number of anilines is 1. The molecule has 0 saturated heterocycles. The highest BCUT2D eigenvalue weighted by atomic mass is 16.1. The average molecular weight is 310 g/mol. The van der Waals surface area contributed by atoms with Crippen molar-refractivity contribution in [2.75, 3.05) is 5.32 Å². The molecule has 7 heteroatoms. The Morgan fingerprint density at radius 3 is 2.78 bits per heavy atom. The largest absolute Gasteiger partial charge is 0.366 e. The molecule has 3 aromatic heterocycles. The third-order valence-electron chi connectivity index (χ3n) is 3.26. The van der Waals surface area contributed by atoms with Crippen LogP contribution in [0.2, 0.25) is 0 Å². The summed E-state index contributed by atoms with van der Waals surface area (Å²) in [4.78, 5) is 20.7. The summed E-state index contributed by atoms with van der Waals surface area (Å²) in [5.74, 6) is 0.516. The Bertz CT molecular complexity index is 812. The molecule has 2 N–H and O–H groups in total. The summed E-state index contributed by atoms with van der Waals surface area (Å²) in [5.41, 5.74) is 2.10. The molecule has 0 atom stereocenters. The molecular weight excluding hydrogens is 292 g/mol. The smallest absolute Gasteiger partial charge is 0.256 e. The predicted octanol–water partition coefficient (Wildman–Crippen LogP) is 1.87. The normalized spacial score (nSPS) is 10.9. The molecule has 0 radical (unpaired) electrons. The molecule has 118 valence electrons.